The van der Waals surface area contributed by atoms with Gasteiger partial charge < -0.3 is 10.6 Å². The highest BCUT2D eigenvalue weighted by Gasteiger charge is 2.38. The van der Waals surface area contributed by atoms with Crippen LogP contribution in [0.2, 0.25) is 20.1 Å². The second kappa shape index (κ2) is 23.3. The predicted molar refractivity (Wildman–Crippen MR) is 271 cm³/mol. The molecule has 28 heteroatoms. The number of hydrogen-bond donors (Lipinski definition) is 4. The first-order valence-electron chi connectivity index (χ1n) is 20.2. The fourth-order valence-electron chi connectivity index (χ4n) is 7.16. The molecule has 0 saturated heterocycles. The van der Waals surface area contributed by atoms with Gasteiger partial charge in [-0.25, -0.2) is 41.5 Å². The van der Waals surface area contributed by atoms with Crippen molar-refractivity contribution in [1.82, 2.24) is 29.5 Å². The van der Waals surface area contributed by atoms with Gasteiger partial charge in [-0.3, -0.25) is 52.9 Å². The fourth-order valence-corrected chi connectivity index (χ4v) is 7.79. The number of anilines is 4. The van der Waals surface area contributed by atoms with Crippen LogP contribution in [0.25, 0.3) is 11.0 Å². The van der Waals surface area contributed by atoms with Crippen LogP contribution in [0.4, 0.5) is 29.0 Å². The summed E-state index contributed by atoms with van der Waals surface area (Å²) in [5.41, 5.74) is 20.5. The van der Waals surface area contributed by atoms with Crippen LogP contribution in [-0.2, 0) is 26.2 Å². The van der Waals surface area contributed by atoms with Gasteiger partial charge in [0.1, 0.15) is 28.9 Å². The Balaban J connectivity index is 0.000000264. The molecule has 0 bridgehead atoms. The van der Waals surface area contributed by atoms with Crippen LogP contribution in [0, 0.1) is 23.5 Å². The molecule has 4 aliphatic heterocycles. The van der Waals surface area contributed by atoms with Gasteiger partial charge in [0.05, 0.1) is 47.7 Å². The maximum atomic E-state index is 12.7. The van der Waals surface area contributed by atoms with Crippen molar-refractivity contribution in [3.05, 3.63) is 109 Å². The van der Waals surface area contributed by atoms with Gasteiger partial charge in [0.25, 0.3) is 29.3 Å². The molecule has 4 amide bonds. The van der Waals surface area contributed by atoms with Gasteiger partial charge in [-0.05, 0) is 56.7 Å². The largest absolute Gasteiger partial charge is 0.493 e. The molecular weight excluding hydrogens is 1020 g/mol. The van der Waals surface area contributed by atoms with Gasteiger partial charge >= 0.3 is 5.91 Å². The number of fused-ring (bicyclic) bond motifs is 5. The van der Waals surface area contributed by atoms with E-state index in [1.54, 1.807) is 39.3 Å². The Morgan fingerprint density at radius 2 is 0.986 bits per heavy atom. The van der Waals surface area contributed by atoms with Crippen LogP contribution in [-0.4, -0.2) is 114 Å². The molecular formula is C44H44Cl4N16O8. The molecule has 0 aliphatic carbocycles. The molecule has 6 aromatic heterocycles. The number of ketones is 2. The predicted octanol–water partition coefficient (Wildman–Crippen LogP) is 7.40. The molecule has 6 aromatic rings. The summed E-state index contributed by atoms with van der Waals surface area (Å²) in [7, 11) is 4.75. The smallest absolute Gasteiger partial charge is 0.300 e. The highest BCUT2D eigenvalue weighted by molar-refractivity contribution is 6.56. The molecule has 24 nitrogen and oxygen atoms in total. The number of Topliss-reactive ketones (excluding diaryl/α,β-unsaturated/α-hetero) is 2. The standard InChI is InChI=1S/C18H15ClN6O2.C9H7ClN2O2.C8H7ClN4O.C8H5ClN2O2.CH4.H2N2.H2O.H2/c1-4-25-16-11(5-9(2)7-20-16)14(18(25)27)23-22-13-12-6-10(19)8-21-15(12)24(3)17(13)26;1-2-12-8-6(7(13)9(12)14)3-5(10)4-11-8;1-13-7-5(2-4(9)3-11-7)6(12-10)8(13)14;1-11-7-5(6(12)8(11)13)2-4(9)3-10-7;;1-2;;/h5-8H,4H2,1-3H3;3-4H,2H2,1H3;2-3,10,14H,1H3;2-3H,1H3;1H4;1-2H;1H2;1H/b22-13-,23-14-;;;;;;;. The van der Waals surface area contributed by atoms with Gasteiger partial charge in [0.2, 0.25) is 5.88 Å². The van der Waals surface area contributed by atoms with Crippen molar-refractivity contribution >= 4 is 133 Å². The third-order valence-electron chi connectivity index (χ3n) is 10.5. The number of pyridine rings is 5. The van der Waals surface area contributed by atoms with Crippen LogP contribution in [0.15, 0.2) is 76.6 Å². The van der Waals surface area contributed by atoms with Crippen molar-refractivity contribution in [1.29, 1.82) is 16.6 Å². The Kier molecular flexibility index (Phi) is 18.3. The molecule has 10 heterocycles. The number of rotatable bonds is 4. The number of aromatic hydroxyl groups is 1. The van der Waals surface area contributed by atoms with Crippen molar-refractivity contribution < 1.29 is 40.8 Å². The number of aromatic nitrogens is 6. The lowest BCUT2D eigenvalue weighted by Crippen LogP contribution is -2.30. The van der Waals surface area contributed by atoms with E-state index in [2.05, 4.69) is 40.2 Å². The number of halogens is 4. The first-order valence-corrected chi connectivity index (χ1v) is 21.7. The summed E-state index contributed by atoms with van der Waals surface area (Å²) >= 11 is 23.1. The van der Waals surface area contributed by atoms with Crippen LogP contribution < -0.4 is 19.6 Å². The first kappa shape index (κ1) is 56.6. The summed E-state index contributed by atoms with van der Waals surface area (Å²) in [6, 6.07) is 7.99. The Labute approximate surface area is 430 Å². The van der Waals surface area contributed by atoms with Gasteiger partial charge in [0, 0.05) is 66.6 Å². The number of carbonyl (C=O) groups is 6. The van der Waals surface area contributed by atoms with E-state index in [1.807, 2.05) is 19.9 Å². The lowest BCUT2D eigenvalue weighted by atomic mass is 10.1. The lowest BCUT2D eigenvalue weighted by molar-refractivity contribution is -0.114. The third kappa shape index (κ3) is 10.5. The van der Waals surface area contributed by atoms with Crippen LogP contribution in [0.5, 0.6) is 5.88 Å². The van der Waals surface area contributed by atoms with Crippen LogP contribution >= 0.6 is 46.4 Å². The number of amides is 4. The third-order valence-corrected chi connectivity index (χ3v) is 11.3. The minimum absolute atomic E-state index is 0. The lowest BCUT2D eigenvalue weighted by Gasteiger charge is -2.11. The summed E-state index contributed by atoms with van der Waals surface area (Å²) in [4.78, 5) is 96.4. The van der Waals surface area contributed by atoms with Gasteiger partial charge in [0.15, 0.2) is 17.1 Å². The van der Waals surface area contributed by atoms with E-state index in [4.69, 9.17) is 63.0 Å². The Morgan fingerprint density at radius 1 is 0.583 bits per heavy atom. The van der Waals surface area contributed by atoms with Crippen molar-refractivity contribution in [2.75, 3.05) is 46.8 Å². The topological polar surface area (TPSA) is 345 Å². The quantitative estimate of drug-likeness (QED) is 0.0762. The van der Waals surface area contributed by atoms with E-state index in [1.165, 1.54) is 68.1 Å². The van der Waals surface area contributed by atoms with Crippen LogP contribution in [0.3, 0.4) is 0 Å². The Hall–Kier alpha value is -8.03. The van der Waals surface area contributed by atoms with E-state index in [9.17, 15) is 33.9 Å². The fraction of sp³-hybridized carbons (Fsp3) is 0.205. The number of hydrogen-bond acceptors (Lipinski definition) is 18. The molecule has 0 saturated carbocycles. The summed E-state index contributed by atoms with van der Waals surface area (Å²) in [6.07, 6.45) is 7.47. The summed E-state index contributed by atoms with van der Waals surface area (Å²) in [5.74, 6) is -1.12. The zero-order valence-electron chi connectivity index (χ0n) is 37.9. The number of nitrogens with one attached hydrogen (secondary N) is 3. The summed E-state index contributed by atoms with van der Waals surface area (Å²) < 4.78 is 1.46. The number of carbonyl (C=O) groups excluding carboxylic acids is 6. The Morgan fingerprint density at radius 3 is 1.54 bits per heavy atom. The highest BCUT2D eigenvalue weighted by Crippen LogP contribution is 2.38. The molecule has 0 atom stereocenters. The van der Waals surface area contributed by atoms with Gasteiger partial charge in [-0.1, -0.05) is 53.8 Å². The normalized spacial score (nSPS) is 14.8. The number of likely N-dealkylation sites (N-methyl/N-ethyl adjacent to an activating group) is 4. The molecule has 10 rings (SSSR count). The SMILES string of the molecule is C.CCN1C(=O)/C(=N\N=C2/C(=O)N(C)c3ncc(Cl)cc32)c2cc(C)cnc21.CCN1C(=O)C(=O)c2cc(Cl)cnc21.CN1C(=O)C(=O)c2cc(Cl)cnc21.Cn1c(O)c(N=N)c2cc(Cl)cnc21.N=N.O.[HH]. The average molecular weight is 1070 g/mol. The minimum Gasteiger partial charge on any atom is -0.493 e. The minimum atomic E-state index is -0.565. The monoisotopic (exact) mass is 1060 g/mol. The van der Waals surface area contributed by atoms with E-state index < -0.39 is 23.4 Å². The van der Waals surface area contributed by atoms with Crippen molar-refractivity contribution in [2.24, 2.45) is 22.4 Å². The second-order valence-electron chi connectivity index (χ2n) is 14.7. The molecule has 0 spiro atoms. The van der Waals surface area contributed by atoms with E-state index in [0.29, 0.717) is 84.2 Å². The zero-order chi connectivity index (χ0) is 51.5. The van der Waals surface area contributed by atoms with Gasteiger partial charge in [-0.15, -0.1) is 10.2 Å². The van der Waals surface area contributed by atoms with Crippen LogP contribution in [0.1, 0.15) is 60.1 Å². The first-order chi connectivity index (χ1) is 33.3. The maximum absolute atomic E-state index is 12.7. The van der Waals surface area contributed by atoms with E-state index in [0.717, 1.165) is 5.56 Å². The summed E-state index contributed by atoms with van der Waals surface area (Å²) in [6.45, 7) is 6.43. The molecule has 0 unspecified atom stereocenters. The number of nitrogens with zero attached hydrogens (tertiary/aromatic N) is 13. The zero-order valence-corrected chi connectivity index (χ0v) is 40.9. The van der Waals surface area contributed by atoms with E-state index in [-0.39, 0.29) is 54.7 Å². The molecule has 0 fully saturated rings. The van der Waals surface area contributed by atoms with Crippen molar-refractivity contribution in [3.63, 3.8) is 0 Å². The Bertz CT molecular complexity index is 3280. The molecule has 0 aromatic carbocycles. The summed E-state index contributed by atoms with van der Waals surface area (Å²) in [5, 5.41) is 23.2. The van der Waals surface area contributed by atoms with Gasteiger partial charge in [-0.2, -0.15) is 5.11 Å². The maximum Gasteiger partial charge on any atom is 0.300 e. The van der Waals surface area contributed by atoms with E-state index >= 15 is 0 Å². The molecule has 376 valence electrons. The molecule has 72 heavy (non-hydrogen) atoms. The molecule has 4 aliphatic rings. The van der Waals surface area contributed by atoms with Crippen molar-refractivity contribution in [3.8, 4) is 5.88 Å². The number of aryl methyl sites for hydroxylation is 2. The molecule has 6 N–H and O–H groups in total. The highest BCUT2D eigenvalue weighted by atomic mass is 35.5. The molecule has 0 radical (unpaired) electrons. The van der Waals surface area contributed by atoms with Crippen molar-refractivity contribution in [2.45, 2.75) is 28.2 Å². The second-order valence-corrected chi connectivity index (χ2v) is 16.5. The average Bonchev–Trinajstić information content (AvgIpc) is 4.00.